The third-order valence-electron chi connectivity index (χ3n) is 4.22. The van der Waals surface area contributed by atoms with Crippen molar-refractivity contribution >= 4 is 23.6 Å². The van der Waals surface area contributed by atoms with Crippen molar-refractivity contribution in [3.8, 4) is 0 Å². The maximum absolute atomic E-state index is 12.4. The Morgan fingerprint density at radius 2 is 1.75 bits per heavy atom. The molecule has 0 unspecified atom stereocenters. The number of nitrogens with two attached hydrogens (primary N) is 1. The molecule has 0 saturated heterocycles. The van der Waals surface area contributed by atoms with Crippen LogP contribution in [0.25, 0.3) is 0 Å². The summed E-state index contributed by atoms with van der Waals surface area (Å²) in [5.74, 6) is -1.05. The normalized spacial score (nSPS) is 12.5. The van der Waals surface area contributed by atoms with Crippen LogP contribution in [0.1, 0.15) is 36.1 Å². The number of benzene rings is 2. The van der Waals surface area contributed by atoms with Gasteiger partial charge in [-0.15, -0.1) is 0 Å². The highest BCUT2D eigenvalue weighted by Crippen LogP contribution is 2.19. The molecule has 0 heterocycles. The summed E-state index contributed by atoms with van der Waals surface area (Å²) in [6.45, 7) is 5.30. The van der Waals surface area contributed by atoms with Crippen molar-refractivity contribution < 1.29 is 19.1 Å². The molecule has 2 rings (SSSR count). The fourth-order valence-electron chi connectivity index (χ4n) is 2.68. The third kappa shape index (κ3) is 6.12. The largest absolute Gasteiger partial charge is 0.452 e. The van der Waals surface area contributed by atoms with Crippen LogP contribution in [0.15, 0.2) is 48.5 Å². The molecule has 7 nitrogen and oxygen atoms in total. The average molecular weight is 383 g/mol. The van der Waals surface area contributed by atoms with Crippen LogP contribution >= 0.6 is 0 Å². The summed E-state index contributed by atoms with van der Waals surface area (Å²) in [5.41, 5.74) is 8.50. The molecule has 148 valence electrons. The quantitative estimate of drug-likeness (QED) is 0.638. The molecule has 0 spiro atoms. The lowest BCUT2D eigenvalue weighted by Crippen LogP contribution is -2.36. The molecule has 2 aromatic carbocycles. The Kier molecular flexibility index (Phi) is 7.14. The standard InChI is InChI=1S/C21H25N3O4/c1-13-9-10-14(2)17(11-13)23-20(26)15(3)28-19(25)12-18(24-21(22)27)16-7-5-4-6-8-16/h4-11,15,18H,12H2,1-3H3,(H,23,26)(H3,22,24,27)/t15-,18-/m1/s1. The first-order valence-corrected chi connectivity index (χ1v) is 8.94. The van der Waals surface area contributed by atoms with Crippen molar-refractivity contribution in [1.29, 1.82) is 0 Å². The van der Waals surface area contributed by atoms with E-state index in [9.17, 15) is 14.4 Å². The minimum atomic E-state index is -0.989. The molecule has 2 atom stereocenters. The molecule has 0 radical (unpaired) electrons. The van der Waals surface area contributed by atoms with Gasteiger partial charge < -0.3 is 21.1 Å². The average Bonchev–Trinajstić information content (AvgIpc) is 2.64. The molecule has 3 amide bonds. The lowest BCUT2D eigenvalue weighted by Gasteiger charge is -2.19. The molecule has 0 aliphatic rings. The number of urea groups is 1. The monoisotopic (exact) mass is 383 g/mol. The molecule has 2 aromatic rings. The topological polar surface area (TPSA) is 111 Å². The van der Waals surface area contributed by atoms with Crippen molar-refractivity contribution in [3.05, 3.63) is 65.2 Å². The number of anilines is 1. The van der Waals surface area contributed by atoms with Crippen molar-refractivity contribution in [2.75, 3.05) is 5.32 Å². The van der Waals surface area contributed by atoms with Gasteiger partial charge in [-0.1, -0.05) is 42.5 Å². The van der Waals surface area contributed by atoms with E-state index < -0.39 is 30.1 Å². The fraction of sp³-hybridized carbons (Fsp3) is 0.286. The van der Waals surface area contributed by atoms with Crippen LogP contribution in [0.4, 0.5) is 10.5 Å². The second-order valence-corrected chi connectivity index (χ2v) is 6.62. The van der Waals surface area contributed by atoms with E-state index in [0.717, 1.165) is 11.1 Å². The van der Waals surface area contributed by atoms with Gasteiger partial charge in [0.15, 0.2) is 6.10 Å². The molecule has 0 aliphatic heterocycles. The molecule has 7 heteroatoms. The first kappa shape index (κ1) is 21.0. The maximum Gasteiger partial charge on any atom is 0.312 e. The Bertz CT molecular complexity index is 852. The van der Waals surface area contributed by atoms with Crippen LogP contribution in [-0.4, -0.2) is 24.0 Å². The summed E-state index contributed by atoms with van der Waals surface area (Å²) < 4.78 is 5.24. The zero-order valence-electron chi connectivity index (χ0n) is 16.2. The molecule has 0 aliphatic carbocycles. The van der Waals surface area contributed by atoms with Crippen LogP contribution in [0.5, 0.6) is 0 Å². The summed E-state index contributed by atoms with van der Waals surface area (Å²) in [4.78, 5) is 35.9. The van der Waals surface area contributed by atoms with Gasteiger partial charge in [0.05, 0.1) is 12.5 Å². The lowest BCUT2D eigenvalue weighted by atomic mass is 10.0. The second kappa shape index (κ2) is 9.55. The molecule has 28 heavy (non-hydrogen) atoms. The Balaban J connectivity index is 1.98. The van der Waals surface area contributed by atoms with Gasteiger partial charge in [-0.05, 0) is 43.5 Å². The summed E-state index contributed by atoms with van der Waals surface area (Å²) in [6, 6.07) is 13.3. The number of nitrogens with one attached hydrogen (secondary N) is 2. The van der Waals surface area contributed by atoms with Gasteiger partial charge in [0.25, 0.3) is 5.91 Å². The number of amides is 3. The number of carbonyl (C=O) groups is 3. The number of carbonyl (C=O) groups excluding carboxylic acids is 3. The van der Waals surface area contributed by atoms with Crippen LogP contribution in [0, 0.1) is 13.8 Å². The summed E-state index contributed by atoms with van der Waals surface area (Å²) in [6.07, 6.45) is -1.13. The van der Waals surface area contributed by atoms with E-state index in [4.69, 9.17) is 10.5 Å². The molecule has 0 fully saturated rings. The number of hydrogen-bond donors (Lipinski definition) is 3. The molecule has 0 aromatic heterocycles. The van der Waals surface area contributed by atoms with Gasteiger partial charge in [0, 0.05) is 5.69 Å². The minimum Gasteiger partial charge on any atom is -0.452 e. The number of esters is 1. The number of hydrogen-bond acceptors (Lipinski definition) is 4. The van der Waals surface area contributed by atoms with Gasteiger partial charge in [-0.25, -0.2) is 4.79 Å². The molecule has 4 N–H and O–H groups in total. The third-order valence-corrected chi connectivity index (χ3v) is 4.22. The number of ether oxygens (including phenoxy) is 1. The van der Waals surface area contributed by atoms with Gasteiger partial charge in [-0.2, -0.15) is 0 Å². The van der Waals surface area contributed by atoms with Crippen LogP contribution in [-0.2, 0) is 14.3 Å². The summed E-state index contributed by atoms with van der Waals surface area (Å²) in [5, 5.41) is 5.29. The SMILES string of the molecule is Cc1ccc(C)c(NC(=O)[C@@H](C)OC(=O)C[C@@H](NC(N)=O)c2ccccc2)c1. The van der Waals surface area contributed by atoms with E-state index in [0.29, 0.717) is 11.3 Å². The summed E-state index contributed by atoms with van der Waals surface area (Å²) in [7, 11) is 0. The number of rotatable bonds is 7. The molecule has 0 bridgehead atoms. The predicted molar refractivity (Wildman–Crippen MR) is 107 cm³/mol. The van der Waals surface area contributed by atoms with Crippen LogP contribution in [0.3, 0.4) is 0 Å². The van der Waals surface area contributed by atoms with Gasteiger partial charge in [0.2, 0.25) is 0 Å². The maximum atomic E-state index is 12.4. The zero-order chi connectivity index (χ0) is 20.7. The zero-order valence-corrected chi connectivity index (χ0v) is 16.2. The Labute approximate surface area is 164 Å². The van der Waals surface area contributed by atoms with Gasteiger partial charge >= 0.3 is 12.0 Å². The molecule has 0 saturated carbocycles. The minimum absolute atomic E-state index is 0.145. The van der Waals surface area contributed by atoms with Gasteiger partial charge in [0.1, 0.15) is 0 Å². The van der Waals surface area contributed by atoms with Crippen molar-refractivity contribution in [2.45, 2.75) is 39.3 Å². The first-order valence-electron chi connectivity index (χ1n) is 8.94. The van der Waals surface area contributed by atoms with Crippen LogP contribution < -0.4 is 16.4 Å². The van der Waals surface area contributed by atoms with E-state index in [1.807, 2.05) is 38.1 Å². The predicted octanol–water partition coefficient (Wildman–Crippen LogP) is 2.97. The molecular weight excluding hydrogens is 358 g/mol. The fourth-order valence-corrected chi connectivity index (χ4v) is 2.68. The smallest absolute Gasteiger partial charge is 0.312 e. The summed E-state index contributed by atoms with van der Waals surface area (Å²) >= 11 is 0. The van der Waals surface area contributed by atoms with E-state index >= 15 is 0 Å². The van der Waals surface area contributed by atoms with Crippen molar-refractivity contribution in [3.63, 3.8) is 0 Å². The van der Waals surface area contributed by atoms with Crippen molar-refractivity contribution in [1.82, 2.24) is 5.32 Å². The second-order valence-electron chi connectivity index (χ2n) is 6.62. The Hall–Kier alpha value is -3.35. The van der Waals surface area contributed by atoms with Gasteiger partial charge in [-0.3, -0.25) is 9.59 Å². The Morgan fingerprint density at radius 1 is 1.07 bits per heavy atom. The van der Waals surface area contributed by atoms with E-state index in [1.165, 1.54) is 6.92 Å². The highest BCUT2D eigenvalue weighted by Gasteiger charge is 2.23. The van der Waals surface area contributed by atoms with E-state index in [-0.39, 0.29) is 6.42 Å². The number of primary amides is 1. The molecular formula is C21H25N3O4. The van der Waals surface area contributed by atoms with E-state index in [1.54, 1.807) is 24.3 Å². The highest BCUT2D eigenvalue weighted by molar-refractivity contribution is 5.95. The number of aryl methyl sites for hydroxylation is 2. The highest BCUT2D eigenvalue weighted by atomic mass is 16.5. The lowest BCUT2D eigenvalue weighted by molar-refractivity contribution is -0.153. The Morgan fingerprint density at radius 3 is 2.39 bits per heavy atom. The first-order chi connectivity index (χ1) is 13.3. The van der Waals surface area contributed by atoms with Crippen molar-refractivity contribution in [2.24, 2.45) is 5.73 Å². The van der Waals surface area contributed by atoms with Crippen LogP contribution in [0.2, 0.25) is 0 Å². The van der Waals surface area contributed by atoms with E-state index in [2.05, 4.69) is 10.6 Å².